The zero-order chi connectivity index (χ0) is 15.4. The van der Waals surface area contributed by atoms with Crippen LogP contribution in [0.5, 0.6) is 0 Å². The summed E-state index contributed by atoms with van der Waals surface area (Å²) in [5.41, 5.74) is 0.268. The van der Waals surface area contributed by atoms with E-state index in [4.69, 9.17) is 14.6 Å². The van der Waals surface area contributed by atoms with E-state index in [2.05, 4.69) is 13.5 Å². The van der Waals surface area contributed by atoms with Crippen LogP contribution in [0.25, 0.3) is 0 Å². The molecule has 0 bridgehead atoms. The maximum absolute atomic E-state index is 11.5. The molecule has 5 heteroatoms. The summed E-state index contributed by atoms with van der Waals surface area (Å²) in [5.74, 6) is -0.925. The van der Waals surface area contributed by atoms with Gasteiger partial charge in [0, 0.05) is 12.0 Å². The van der Waals surface area contributed by atoms with E-state index in [1.54, 1.807) is 0 Å². The first-order valence-electron chi connectivity index (χ1n) is 7.14. The van der Waals surface area contributed by atoms with E-state index in [0.29, 0.717) is 6.42 Å². The standard InChI is InChI=1S/C15H26O5/c1-4-5-6-7-8-9-14(17)20-13(10-16)11-19-15(18)12(2)3/h13,16H,2,4-11H2,1,3H3. The van der Waals surface area contributed by atoms with E-state index in [-0.39, 0.29) is 24.8 Å². The van der Waals surface area contributed by atoms with Gasteiger partial charge in [-0.2, -0.15) is 0 Å². The van der Waals surface area contributed by atoms with Crippen molar-refractivity contribution < 1.29 is 24.2 Å². The molecule has 0 amide bonds. The van der Waals surface area contributed by atoms with Crippen molar-refractivity contribution in [3.63, 3.8) is 0 Å². The van der Waals surface area contributed by atoms with Gasteiger partial charge in [-0.15, -0.1) is 0 Å². The zero-order valence-electron chi connectivity index (χ0n) is 12.5. The first-order valence-corrected chi connectivity index (χ1v) is 7.14. The van der Waals surface area contributed by atoms with Crippen molar-refractivity contribution >= 4 is 11.9 Å². The molecule has 0 aromatic carbocycles. The zero-order valence-corrected chi connectivity index (χ0v) is 12.5. The number of aliphatic hydroxyl groups is 1. The predicted molar refractivity (Wildman–Crippen MR) is 76.1 cm³/mol. The van der Waals surface area contributed by atoms with Crippen LogP contribution in [-0.4, -0.2) is 36.4 Å². The van der Waals surface area contributed by atoms with Crippen molar-refractivity contribution in [1.29, 1.82) is 0 Å². The van der Waals surface area contributed by atoms with Gasteiger partial charge in [0.1, 0.15) is 6.61 Å². The Morgan fingerprint density at radius 2 is 1.85 bits per heavy atom. The summed E-state index contributed by atoms with van der Waals surface area (Å²) in [6, 6.07) is 0. The van der Waals surface area contributed by atoms with Crippen LogP contribution >= 0.6 is 0 Å². The number of unbranched alkanes of at least 4 members (excludes halogenated alkanes) is 4. The summed E-state index contributed by atoms with van der Waals surface area (Å²) in [6.45, 7) is 6.58. The van der Waals surface area contributed by atoms with Crippen LogP contribution in [0.1, 0.15) is 52.4 Å². The molecule has 0 fully saturated rings. The van der Waals surface area contributed by atoms with Gasteiger partial charge in [0.15, 0.2) is 6.10 Å². The second-order valence-corrected chi connectivity index (χ2v) is 4.84. The highest BCUT2D eigenvalue weighted by atomic mass is 16.6. The molecule has 0 saturated heterocycles. The van der Waals surface area contributed by atoms with Crippen LogP contribution in [0.4, 0.5) is 0 Å². The Labute approximate surface area is 121 Å². The van der Waals surface area contributed by atoms with E-state index < -0.39 is 12.1 Å². The van der Waals surface area contributed by atoms with Gasteiger partial charge in [-0.3, -0.25) is 4.79 Å². The minimum absolute atomic E-state index is 0.149. The molecule has 1 N–H and O–H groups in total. The van der Waals surface area contributed by atoms with Crippen molar-refractivity contribution in [3.8, 4) is 0 Å². The highest BCUT2D eigenvalue weighted by Crippen LogP contribution is 2.07. The van der Waals surface area contributed by atoms with Gasteiger partial charge in [0.25, 0.3) is 0 Å². The molecule has 0 aromatic heterocycles. The van der Waals surface area contributed by atoms with Crippen LogP contribution in [0.15, 0.2) is 12.2 Å². The molecule has 1 unspecified atom stereocenters. The Balaban J connectivity index is 3.83. The van der Waals surface area contributed by atoms with E-state index >= 15 is 0 Å². The van der Waals surface area contributed by atoms with Crippen molar-refractivity contribution in [3.05, 3.63) is 12.2 Å². The molecule has 0 aliphatic rings. The van der Waals surface area contributed by atoms with Crippen molar-refractivity contribution in [1.82, 2.24) is 0 Å². The van der Waals surface area contributed by atoms with Crippen LogP contribution < -0.4 is 0 Å². The maximum atomic E-state index is 11.5. The lowest BCUT2D eigenvalue weighted by molar-refractivity contribution is -0.159. The summed E-state index contributed by atoms with van der Waals surface area (Å²) < 4.78 is 9.88. The van der Waals surface area contributed by atoms with Crippen LogP contribution in [0.3, 0.4) is 0 Å². The summed E-state index contributed by atoms with van der Waals surface area (Å²) >= 11 is 0. The van der Waals surface area contributed by atoms with E-state index in [0.717, 1.165) is 25.7 Å². The molecule has 20 heavy (non-hydrogen) atoms. The molecule has 1 atom stereocenters. The maximum Gasteiger partial charge on any atom is 0.333 e. The number of hydrogen-bond donors (Lipinski definition) is 1. The Morgan fingerprint density at radius 3 is 2.40 bits per heavy atom. The monoisotopic (exact) mass is 286 g/mol. The second-order valence-electron chi connectivity index (χ2n) is 4.84. The van der Waals surface area contributed by atoms with Gasteiger partial charge in [0.05, 0.1) is 6.61 Å². The Hall–Kier alpha value is -1.36. The third-order valence-electron chi connectivity index (χ3n) is 2.73. The summed E-state index contributed by atoms with van der Waals surface area (Å²) in [6.07, 6.45) is 4.75. The summed E-state index contributed by atoms with van der Waals surface area (Å²) in [5, 5.41) is 9.08. The SMILES string of the molecule is C=C(C)C(=O)OCC(CO)OC(=O)CCCCCCC. The number of esters is 2. The quantitative estimate of drug-likeness (QED) is 0.358. The Morgan fingerprint density at radius 1 is 1.20 bits per heavy atom. The molecule has 0 spiro atoms. The van der Waals surface area contributed by atoms with Crippen LogP contribution in [0, 0.1) is 0 Å². The molecular formula is C15H26O5. The van der Waals surface area contributed by atoms with Gasteiger partial charge < -0.3 is 14.6 Å². The molecule has 0 saturated carbocycles. The molecule has 0 aromatic rings. The van der Waals surface area contributed by atoms with Crippen molar-refractivity contribution in [2.24, 2.45) is 0 Å². The topological polar surface area (TPSA) is 72.8 Å². The summed E-state index contributed by atoms with van der Waals surface area (Å²) in [4.78, 5) is 22.7. The number of aliphatic hydroxyl groups excluding tert-OH is 1. The Bertz CT molecular complexity index is 311. The smallest absolute Gasteiger partial charge is 0.333 e. The average molecular weight is 286 g/mol. The lowest BCUT2D eigenvalue weighted by Crippen LogP contribution is -2.28. The van der Waals surface area contributed by atoms with Gasteiger partial charge in [-0.05, 0) is 13.3 Å². The van der Waals surface area contributed by atoms with Crippen molar-refractivity contribution in [2.45, 2.75) is 58.5 Å². The highest BCUT2D eigenvalue weighted by Gasteiger charge is 2.16. The first kappa shape index (κ1) is 18.6. The second kappa shape index (κ2) is 11.5. The largest absolute Gasteiger partial charge is 0.458 e. The normalized spacial score (nSPS) is 11.8. The third kappa shape index (κ3) is 9.55. The molecule has 116 valence electrons. The lowest BCUT2D eigenvalue weighted by Gasteiger charge is -2.15. The van der Waals surface area contributed by atoms with Gasteiger partial charge in [-0.1, -0.05) is 39.2 Å². The summed E-state index contributed by atoms with van der Waals surface area (Å²) in [7, 11) is 0. The number of ether oxygens (including phenoxy) is 2. The fourth-order valence-corrected chi connectivity index (χ4v) is 1.53. The molecule has 0 aliphatic heterocycles. The van der Waals surface area contributed by atoms with E-state index in [1.807, 2.05) is 0 Å². The fourth-order valence-electron chi connectivity index (χ4n) is 1.53. The first-order chi connectivity index (χ1) is 9.51. The van der Waals surface area contributed by atoms with E-state index in [1.165, 1.54) is 13.3 Å². The molecular weight excluding hydrogens is 260 g/mol. The number of hydrogen-bond acceptors (Lipinski definition) is 5. The lowest BCUT2D eigenvalue weighted by atomic mass is 10.1. The van der Waals surface area contributed by atoms with Gasteiger partial charge >= 0.3 is 11.9 Å². The predicted octanol–water partition coefficient (Wildman–Crippen LogP) is 2.37. The minimum Gasteiger partial charge on any atom is -0.458 e. The molecule has 0 rings (SSSR count). The van der Waals surface area contributed by atoms with Gasteiger partial charge in [-0.25, -0.2) is 4.79 Å². The number of rotatable bonds is 11. The number of carbonyl (C=O) groups excluding carboxylic acids is 2. The van der Waals surface area contributed by atoms with Crippen LogP contribution in [0.2, 0.25) is 0 Å². The average Bonchev–Trinajstić information content (AvgIpc) is 2.42. The fraction of sp³-hybridized carbons (Fsp3) is 0.733. The van der Waals surface area contributed by atoms with Gasteiger partial charge in [0.2, 0.25) is 0 Å². The molecule has 5 nitrogen and oxygen atoms in total. The number of carbonyl (C=O) groups is 2. The molecule has 0 heterocycles. The Kier molecular flexibility index (Phi) is 10.7. The molecule has 0 radical (unpaired) electrons. The third-order valence-corrected chi connectivity index (χ3v) is 2.73. The van der Waals surface area contributed by atoms with Crippen LogP contribution in [-0.2, 0) is 19.1 Å². The van der Waals surface area contributed by atoms with E-state index in [9.17, 15) is 9.59 Å². The van der Waals surface area contributed by atoms with Crippen molar-refractivity contribution in [2.75, 3.05) is 13.2 Å². The molecule has 0 aliphatic carbocycles. The minimum atomic E-state index is -0.804. The highest BCUT2D eigenvalue weighted by molar-refractivity contribution is 5.86.